The molecule has 0 aliphatic heterocycles. The van der Waals surface area contributed by atoms with Gasteiger partial charge in [0.1, 0.15) is 34.9 Å². The maximum absolute atomic E-state index is 13.6. The van der Waals surface area contributed by atoms with Gasteiger partial charge < -0.3 is 25.5 Å². The smallest absolute Gasteiger partial charge is 0.251 e. The molecule has 1 fully saturated rings. The van der Waals surface area contributed by atoms with E-state index in [-0.39, 0.29) is 28.8 Å². The number of rotatable bonds is 8. The van der Waals surface area contributed by atoms with Crippen LogP contribution in [0.1, 0.15) is 55.5 Å². The molecule has 9 nitrogen and oxygen atoms in total. The molecule has 39 heavy (non-hydrogen) atoms. The van der Waals surface area contributed by atoms with Crippen LogP contribution in [0.2, 0.25) is 5.02 Å². The molecule has 10 heteroatoms. The van der Waals surface area contributed by atoms with Crippen LogP contribution in [0.15, 0.2) is 61.1 Å². The van der Waals surface area contributed by atoms with E-state index in [4.69, 9.17) is 16.3 Å². The summed E-state index contributed by atoms with van der Waals surface area (Å²) in [5, 5.41) is 17.2. The molecule has 1 amide bonds. The van der Waals surface area contributed by atoms with Crippen molar-refractivity contribution in [3.8, 4) is 11.5 Å². The van der Waals surface area contributed by atoms with Crippen LogP contribution < -0.4 is 15.4 Å². The van der Waals surface area contributed by atoms with Gasteiger partial charge in [0, 0.05) is 29.9 Å². The summed E-state index contributed by atoms with van der Waals surface area (Å²) in [5.41, 5.74) is -0.104. The Morgan fingerprint density at radius 3 is 2.41 bits per heavy atom. The zero-order valence-corrected chi connectivity index (χ0v) is 22.5. The summed E-state index contributed by atoms with van der Waals surface area (Å²) in [5.74, 6) is 1.14. The van der Waals surface area contributed by atoms with Gasteiger partial charge in [-0.15, -0.1) is 0 Å². The molecule has 4 N–H and O–H groups in total. The van der Waals surface area contributed by atoms with Gasteiger partial charge in [-0.05, 0) is 63.8 Å². The highest BCUT2D eigenvalue weighted by molar-refractivity contribution is 6.35. The Balaban J connectivity index is 1.31. The highest BCUT2D eigenvalue weighted by Crippen LogP contribution is 2.32. The summed E-state index contributed by atoms with van der Waals surface area (Å²) in [7, 11) is 0. The van der Waals surface area contributed by atoms with E-state index in [1.165, 1.54) is 20.2 Å². The number of carbonyl (C=O) groups excluding carboxylic acids is 2. The van der Waals surface area contributed by atoms with Crippen molar-refractivity contribution in [2.24, 2.45) is 0 Å². The van der Waals surface area contributed by atoms with Crippen molar-refractivity contribution in [3.05, 3.63) is 77.2 Å². The molecule has 0 spiro atoms. The van der Waals surface area contributed by atoms with Crippen molar-refractivity contribution in [1.82, 2.24) is 20.3 Å². The highest BCUT2D eigenvalue weighted by Gasteiger charge is 2.29. The lowest BCUT2D eigenvalue weighted by Crippen LogP contribution is -2.48. The number of nitrogens with zero attached hydrogens (tertiary/aromatic N) is 2. The number of ketones is 1. The second kappa shape index (κ2) is 11.0. The van der Waals surface area contributed by atoms with E-state index in [9.17, 15) is 14.7 Å². The molecular formula is C29H30ClN5O4. The third kappa shape index (κ3) is 6.05. The van der Waals surface area contributed by atoms with Gasteiger partial charge in [-0.25, -0.2) is 9.97 Å². The maximum atomic E-state index is 13.6. The number of ether oxygens (including phenoxy) is 1. The number of fused-ring (bicyclic) bond motifs is 1. The third-order valence-electron chi connectivity index (χ3n) is 6.84. The molecule has 5 rings (SSSR count). The van der Waals surface area contributed by atoms with Crippen molar-refractivity contribution in [2.75, 3.05) is 5.32 Å². The Labute approximate surface area is 231 Å². The van der Waals surface area contributed by atoms with Crippen LogP contribution in [0.25, 0.3) is 11.0 Å². The molecule has 0 saturated heterocycles. The Kier molecular flexibility index (Phi) is 7.54. The van der Waals surface area contributed by atoms with Gasteiger partial charge in [-0.3, -0.25) is 9.59 Å². The SMILES string of the molecule is CC(C)(O)C(=O)NC1CCC(Nc2ncnc3[nH]cc(C(=O)c4ccc(Oc5ccccc5)cc4Cl)c23)CC1. The van der Waals surface area contributed by atoms with Crippen LogP contribution in [0.5, 0.6) is 11.5 Å². The largest absolute Gasteiger partial charge is 0.457 e. The molecule has 4 aromatic rings. The second-order valence-electron chi connectivity index (χ2n) is 10.3. The first-order chi connectivity index (χ1) is 18.7. The molecular weight excluding hydrogens is 518 g/mol. The lowest BCUT2D eigenvalue weighted by molar-refractivity contribution is -0.137. The first-order valence-corrected chi connectivity index (χ1v) is 13.3. The molecule has 0 radical (unpaired) electrons. The minimum absolute atomic E-state index is 0.00720. The highest BCUT2D eigenvalue weighted by atomic mass is 35.5. The molecule has 1 saturated carbocycles. The number of amides is 1. The summed E-state index contributed by atoms with van der Waals surface area (Å²) in [6, 6.07) is 14.4. The monoisotopic (exact) mass is 547 g/mol. The number of carbonyl (C=O) groups is 2. The van der Waals surface area contributed by atoms with Gasteiger partial charge in [0.05, 0.1) is 16.0 Å². The fraction of sp³-hybridized carbons (Fsp3) is 0.310. The van der Waals surface area contributed by atoms with Gasteiger partial charge >= 0.3 is 0 Å². The number of H-pyrrole nitrogens is 1. The molecule has 1 aliphatic carbocycles. The van der Waals surface area contributed by atoms with Gasteiger partial charge in [-0.2, -0.15) is 0 Å². The van der Waals surface area contributed by atoms with E-state index in [0.717, 1.165) is 25.7 Å². The average Bonchev–Trinajstić information content (AvgIpc) is 3.35. The zero-order chi connectivity index (χ0) is 27.6. The summed E-state index contributed by atoms with van der Waals surface area (Å²) in [6.45, 7) is 2.96. The molecule has 2 aromatic carbocycles. The topological polar surface area (TPSA) is 129 Å². The number of hydrogen-bond acceptors (Lipinski definition) is 7. The number of nitrogens with one attached hydrogen (secondary N) is 3. The van der Waals surface area contributed by atoms with Crippen LogP contribution >= 0.6 is 11.6 Å². The van der Waals surface area contributed by atoms with E-state index >= 15 is 0 Å². The minimum atomic E-state index is -1.41. The van der Waals surface area contributed by atoms with Crippen LogP contribution in [0.4, 0.5) is 5.82 Å². The predicted molar refractivity (Wildman–Crippen MR) is 149 cm³/mol. The van der Waals surface area contributed by atoms with Crippen LogP contribution in [-0.2, 0) is 4.79 Å². The molecule has 202 valence electrons. The van der Waals surface area contributed by atoms with E-state index in [2.05, 4.69) is 25.6 Å². The predicted octanol–water partition coefficient (Wildman–Crippen LogP) is 5.24. The van der Waals surface area contributed by atoms with Crippen molar-refractivity contribution in [1.29, 1.82) is 0 Å². The number of aliphatic hydroxyl groups is 1. The van der Waals surface area contributed by atoms with E-state index in [1.54, 1.807) is 24.4 Å². The van der Waals surface area contributed by atoms with Crippen LogP contribution in [0, 0.1) is 0 Å². The lowest BCUT2D eigenvalue weighted by atomic mass is 9.90. The quantitative estimate of drug-likeness (QED) is 0.222. The van der Waals surface area contributed by atoms with Crippen molar-refractivity contribution in [2.45, 2.75) is 57.2 Å². The lowest BCUT2D eigenvalue weighted by Gasteiger charge is -2.31. The summed E-state index contributed by atoms with van der Waals surface area (Å²) in [6.07, 6.45) is 6.20. The van der Waals surface area contributed by atoms with E-state index in [1.807, 2.05) is 30.3 Å². The first kappa shape index (κ1) is 26.6. The van der Waals surface area contributed by atoms with Crippen molar-refractivity contribution < 1.29 is 19.4 Å². The van der Waals surface area contributed by atoms with E-state index in [0.29, 0.717) is 39.5 Å². The first-order valence-electron chi connectivity index (χ1n) is 12.9. The zero-order valence-electron chi connectivity index (χ0n) is 21.7. The number of aromatic amines is 1. The van der Waals surface area contributed by atoms with Crippen LogP contribution in [-0.4, -0.2) is 49.4 Å². The number of aromatic nitrogens is 3. The standard InChI is InChI=1S/C29H30ClN5O4/c1-29(2,38)28(37)35-18-10-8-17(9-11-18)34-27-24-22(15-31-26(24)32-16-33-27)25(36)21-13-12-20(14-23(21)30)39-19-6-4-3-5-7-19/h3-7,12-18,38H,8-11H2,1-2H3,(H,35,37)(H2,31,32,33,34). The molecule has 1 aliphatic rings. The van der Waals surface area contributed by atoms with Gasteiger partial charge in [0.15, 0.2) is 5.78 Å². The third-order valence-corrected chi connectivity index (χ3v) is 7.15. The summed E-state index contributed by atoms with van der Waals surface area (Å²) >= 11 is 6.53. The van der Waals surface area contributed by atoms with Crippen molar-refractivity contribution in [3.63, 3.8) is 0 Å². The number of hydrogen-bond donors (Lipinski definition) is 4. The number of para-hydroxylation sites is 1. The Bertz CT molecular complexity index is 1490. The molecule has 2 aromatic heterocycles. The number of benzene rings is 2. The Morgan fingerprint density at radius 2 is 1.72 bits per heavy atom. The summed E-state index contributed by atoms with van der Waals surface area (Å²) in [4.78, 5) is 37.5. The second-order valence-corrected chi connectivity index (χ2v) is 10.7. The average molecular weight is 548 g/mol. The normalized spacial score (nSPS) is 17.5. The van der Waals surface area contributed by atoms with Gasteiger partial charge in [0.2, 0.25) is 0 Å². The maximum Gasteiger partial charge on any atom is 0.251 e. The fourth-order valence-electron chi connectivity index (χ4n) is 4.70. The van der Waals surface area contributed by atoms with Crippen LogP contribution in [0.3, 0.4) is 0 Å². The minimum Gasteiger partial charge on any atom is -0.457 e. The molecule has 0 unspecified atom stereocenters. The van der Waals surface area contributed by atoms with E-state index < -0.39 is 5.60 Å². The van der Waals surface area contributed by atoms with Gasteiger partial charge in [0.25, 0.3) is 5.91 Å². The van der Waals surface area contributed by atoms with Gasteiger partial charge in [-0.1, -0.05) is 29.8 Å². The van der Waals surface area contributed by atoms with Crippen molar-refractivity contribution >= 4 is 40.1 Å². The number of halogens is 1. The number of anilines is 1. The summed E-state index contributed by atoms with van der Waals surface area (Å²) < 4.78 is 5.84. The fourth-order valence-corrected chi connectivity index (χ4v) is 4.96. The Morgan fingerprint density at radius 1 is 1.00 bits per heavy atom. The molecule has 0 bridgehead atoms. The molecule has 2 heterocycles. The molecule has 0 atom stereocenters. The Hall–Kier alpha value is -3.95.